The van der Waals surface area contributed by atoms with Crippen molar-refractivity contribution in [3.8, 4) is 11.5 Å². The largest absolute Gasteiger partial charge is 0.497 e. The van der Waals surface area contributed by atoms with Crippen molar-refractivity contribution in [2.24, 2.45) is 0 Å². The monoisotopic (exact) mass is 455 g/mol. The lowest BCUT2D eigenvalue weighted by molar-refractivity contribution is 0.391. The number of methoxy groups -OCH3 is 2. The molecule has 0 spiro atoms. The maximum atomic E-state index is 13.6. The van der Waals surface area contributed by atoms with E-state index in [1.165, 1.54) is 4.31 Å². The predicted octanol–water partition coefficient (Wildman–Crippen LogP) is 3.77. The number of benzene rings is 2. The van der Waals surface area contributed by atoms with Crippen LogP contribution < -0.4 is 9.47 Å². The minimum Gasteiger partial charge on any atom is -0.497 e. The van der Waals surface area contributed by atoms with Gasteiger partial charge in [-0.15, -0.1) is 0 Å². The fraction of sp³-hybridized carbons (Fsp3) is 0.333. The summed E-state index contributed by atoms with van der Waals surface area (Å²) in [5.74, 6) is 1.96. The van der Waals surface area contributed by atoms with Gasteiger partial charge in [0.05, 0.1) is 19.5 Å². The molecule has 0 radical (unpaired) electrons. The molecular weight excluding hydrogens is 426 g/mol. The first-order valence-electron chi connectivity index (χ1n) is 10.3. The second-order valence-electron chi connectivity index (χ2n) is 7.70. The number of ether oxygens (including phenoxy) is 2. The van der Waals surface area contributed by atoms with Gasteiger partial charge in [0.1, 0.15) is 17.3 Å². The Kier molecular flexibility index (Phi) is 7.82. The summed E-state index contributed by atoms with van der Waals surface area (Å²) < 4.78 is 39.1. The number of aryl methyl sites for hydroxylation is 1. The van der Waals surface area contributed by atoms with Gasteiger partial charge in [-0.05, 0) is 54.8 Å². The lowest BCUT2D eigenvalue weighted by Crippen LogP contribution is -2.38. The van der Waals surface area contributed by atoms with Gasteiger partial charge in [-0.1, -0.05) is 24.3 Å². The van der Waals surface area contributed by atoms with Crippen LogP contribution in [-0.2, 0) is 29.5 Å². The third-order valence-electron chi connectivity index (χ3n) is 5.21. The highest BCUT2D eigenvalue weighted by molar-refractivity contribution is 7.89. The molecule has 32 heavy (non-hydrogen) atoms. The number of aromatic nitrogens is 2. The first kappa shape index (κ1) is 23.7. The van der Waals surface area contributed by atoms with E-state index in [1.807, 2.05) is 55.5 Å². The molecule has 0 aliphatic rings. The first-order chi connectivity index (χ1) is 15.3. The summed E-state index contributed by atoms with van der Waals surface area (Å²) in [7, 11) is -0.443. The van der Waals surface area contributed by atoms with Crippen LogP contribution in [0.1, 0.15) is 29.4 Å². The van der Waals surface area contributed by atoms with E-state index in [1.54, 1.807) is 33.5 Å². The maximum absolute atomic E-state index is 13.6. The van der Waals surface area contributed by atoms with Crippen LogP contribution in [0, 0.1) is 6.92 Å². The van der Waals surface area contributed by atoms with Gasteiger partial charge in [-0.25, -0.2) is 18.4 Å². The molecule has 0 N–H and O–H groups in total. The van der Waals surface area contributed by atoms with E-state index < -0.39 is 15.3 Å². The lowest BCUT2D eigenvalue weighted by atomic mass is 10.2. The molecule has 0 bridgehead atoms. The zero-order valence-corrected chi connectivity index (χ0v) is 19.7. The molecule has 0 amide bonds. The summed E-state index contributed by atoms with van der Waals surface area (Å²) in [5, 5.41) is -0.679. The van der Waals surface area contributed by atoms with Crippen LogP contribution in [0.15, 0.2) is 60.9 Å². The van der Waals surface area contributed by atoms with Crippen molar-refractivity contribution in [2.45, 2.75) is 38.6 Å². The van der Waals surface area contributed by atoms with Crippen molar-refractivity contribution in [2.75, 3.05) is 14.2 Å². The normalized spacial score (nSPS) is 12.5. The fourth-order valence-corrected chi connectivity index (χ4v) is 4.77. The Morgan fingerprint density at radius 3 is 1.69 bits per heavy atom. The molecule has 7 nitrogen and oxygen atoms in total. The first-order valence-corrected chi connectivity index (χ1v) is 11.8. The van der Waals surface area contributed by atoms with Crippen molar-refractivity contribution in [3.05, 3.63) is 83.4 Å². The van der Waals surface area contributed by atoms with Crippen molar-refractivity contribution < 1.29 is 17.9 Å². The molecule has 3 rings (SSSR count). The Hall–Kier alpha value is -2.97. The number of hydrogen-bond acceptors (Lipinski definition) is 6. The molecule has 0 saturated carbocycles. The average molecular weight is 456 g/mol. The molecule has 8 heteroatoms. The third kappa shape index (κ3) is 6.05. The average Bonchev–Trinajstić information content (AvgIpc) is 2.81. The van der Waals surface area contributed by atoms with Crippen LogP contribution in [0.25, 0.3) is 0 Å². The Labute approximate surface area is 190 Å². The molecule has 0 unspecified atom stereocenters. The molecule has 1 heterocycles. The van der Waals surface area contributed by atoms with Crippen molar-refractivity contribution >= 4 is 10.0 Å². The van der Waals surface area contributed by atoms with Crippen LogP contribution in [0.4, 0.5) is 0 Å². The van der Waals surface area contributed by atoms with Gasteiger partial charge in [0.2, 0.25) is 10.0 Å². The number of rotatable bonds is 10. The summed E-state index contributed by atoms with van der Waals surface area (Å²) in [6.45, 7) is 4.10. The highest BCUT2D eigenvalue weighted by atomic mass is 32.2. The number of sulfonamides is 1. The van der Waals surface area contributed by atoms with Crippen LogP contribution in [0.3, 0.4) is 0 Å². The lowest BCUT2D eigenvalue weighted by Gasteiger charge is -2.26. The molecule has 1 atom stereocenters. The fourth-order valence-electron chi connectivity index (χ4n) is 3.25. The predicted molar refractivity (Wildman–Crippen MR) is 124 cm³/mol. The van der Waals surface area contributed by atoms with E-state index in [-0.39, 0.29) is 19.5 Å². The van der Waals surface area contributed by atoms with Crippen LogP contribution in [0.2, 0.25) is 0 Å². The maximum Gasteiger partial charge on any atom is 0.217 e. The van der Waals surface area contributed by atoms with Crippen molar-refractivity contribution in [1.29, 1.82) is 0 Å². The van der Waals surface area contributed by atoms with E-state index in [9.17, 15) is 8.42 Å². The van der Waals surface area contributed by atoms with Crippen LogP contribution >= 0.6 is 0 Å². The molecule has 0 saturated heterocycles. The standard InChI is InChI=1S/C24H29N3O4S/c1-18-14-25-24(26-15-18)13-19(2)32(28,29)27(16-20-5-9-22(30-3)10-6-20)17-21-7-11-23(31-4)12-8-21/h5-12,14-15,19H,13,16-17H2,1-4H3/t19-/m1/s1. The highest BCUT2D eigenvalue weighted by Crippen LogP contribution is 2.22. The van der Waals surface area contributed by atoms with Gasteiger partial charge >= 0.3 is 0 Å². The molecule has 2 aromatic carbocycles. The molecule has 3 aromatic rings. The van der Waals surface area contributed by atoms with Crippen LogP contribution in [0.5, 0.6) is 11.5 Å². The summed E-state index contributed by atoms with van der Waals surface area (Å²) >= 11 is 0. The van der Waals surface area contributed by atoms with Gasteiger partial charge in [0, 0.05) is 31.9 Å². The summed E-state index contributed by atoms with van der Waals surface area (Å²) in [6.07, 6.45) is 3.65. The minimum absolute atomic E-state index is 0.240. The van der Waals surface area contributed by atoms with E-state index in [0.717, 1.165) is 28.2 Å². The third-order valence-corrected chi connectivity index (χ3v) is 7.37. The van der Waals surface area contributed by atoms with Crippen LogP contribution in [-0.4, -0.2) is 42.2 Å². The molecule has 170 valence electrons. The molecule has 1 aromatic heterocycles. The van der Waals surface area contributed by atoms with E-state index in [0.29, 0.717) is 5.82 Å². The van der Waals surface area contributed by atoms with Gasteiger partial charge in [-0.2, -0.15) is 4.31 Å². The zero-order valence-electron chi connectivity index (χ0n) is 18.9. The quantitative estimate of drug-likeness (QED) is 0.463. The van der Waals surface area contributed by atoms with E-state index in [2.05, 4.69) is 9.97 Å². The Balaban J connectivity index is 1.86. The molecular formula is C24H29N3O4S. The summed E-state index contributed by atoms with van der Waals surface area (Å²) in [5.41, 5.74) is 2.69. The Morgan fingerprint density at radius 2 is 1.28 bits per heavy atom. The zero-order chi connectivity index (χ0) is 23.1. The second kappa shape index (κ2) is 10.6. The Bertz CT molecular complexity index is 1050. The summed E-state index contributed by atoms with van der Waals surface area (Å²) in [4.78, 5) is 8.55. The van der Waals surface area contributed by atoms with Crippen molar-refractivity contribution in [1.82, 2.24) is 14.3 Å². The van der Waals surface area contributed by atoms with Gasteiger partial charge in [0.25, 0.3) is 0 Å². The Morgan fingerprint density at radius 1 is 0.844 bits per heavy atom. The minimum atomic E-state index is -3.65. The molecule has 0 aliphatic carbocycles. The van der Waals surface area contributed by atoms with E-state index >= 15 is 0 Å². The van der Waals surface area contributed by atoms with Gasteiger partial charge < -0.3 is 9.47 Å². The molecule has 0 fully saturated rings. The molecule has 0 aliphatic heterocycles. The number of hydrogen-bond donors (Lipinski definition) is 0. The van der Waals surface area contributed by atoms with E-state index in [4.69, 9.17) is 9.47 Å². The number of nitrogens with zero attached hydrogens (tertiary/aromatic N) is 3. The summed E-state index contributed by atoms with van der Waals surface area (Å²) in [6, 6.07) is 14.8. The smallest absolute Gasteiger partial charge is 0.217 e. The van der Waals surface area contributed by atoms with Crippen molar-refractivity contribution in [3.63, 3.8) is 0 Å². The topological polar surface area (TPSA) is 81.6 Å². The van der Waals surface area contributed by atoms with Gasteiger partial charge in [-0.3, -0.25) is 0 Å². The SMILES string of the molecule is COc1ccc(CN(Cc2ccc(OC)cc2)S(=O)(=O)[C@H](C)Cc2ncc(C)cn2)cc1. The second-order valence-corrected chi connectivity index (χ2v) is 10.1. The van der Waals surface area contributed by atoms with Gasteiger partial charge in [0.15, 0.2) is 0 Å². The highest BCUT2D eigenvalue weighted by Gasteiger charge is 2.30.